The molecular weight excluding hydrogens is 180 g/mol. The first-order valence-corrected chi connectivity index (χ1v) is 4.37. The molecule has 4 nitrogen and oxygen atoms in total. The van der Waals surface area contributed by atoms with Crippen molar-refractivity contribution in [2.24, 2.45) is 4.99 Å². The number of nitrogens with zero attached hydrogens (tertiary/aromatic N) is 2. The zero-order valence-corrected chi connectivity index (χ0v) is 8.23. The molecule has 0 saturated heterocycles. The van der Waals surface area contributed by atoms with Gasteiger partial charge in [-0.25, -0.2) is 10.1 Å². The number of benzene rings is 1. The molecule has 4 heteroatoms. The van der Waals surface area contributed by atoms with Gasteiger partial charge in [0, 0.05) is 0 Å². The highest BCUT2D eigenvalue weighted by molar-refractivity contribution is 5.89. The van der Waals surface area contributed by atoms with Crippen molar-refractivity contribution in [2.45, 2.75) is 0 Å². The minimum Gasteiger partial charge on any atom is -0.483 e. The molecule has 0 N–H and O–H groups in total. The normalized spacial score (nSPS) is 14.7. The van der Waals surface area contributed by atoms with Crippen molar-refractivity contribution in [3.05, 3.63) is 24.3 Å². The number of methoxy groups -OCH3 is 1. The van der Waals surface area contributed by atoms with E-state index in [2.05, 4.69) is 4.99 Å². The van der Waals surface area contributed by atoms with E-state index in [0.717, 1.165) is 11.4 Å². The van der Waals surface area contributed by atoms with Crippen LogP contribution in [0.4, 0.5) is 11.4 Å². The molecule has 0 unspecified atom stereocenters. The van der Waals surface area contributed by atoms with Gasteiger partial charge in [0.15, 0.2) is 0 Å². The third-order valence-electron chi connectivity index (χ3n) is 2.13. The van der Waals surface area contributed by atoms with Crippen LogP contribution in [-0.4, -0.2) is 26.7 Å². The summed E-state index contributed by atoms with van der Waals surface area (Å²) in [5.41, 5.74) is 1.84. The number of anilines is 1. The van der Waals surface area contributed by atoms with Gasteiger partial charge in [0.2, 0.25) is 5.90 Å². The zero-order chi connectivity index (χ0) is 9.97. The van der Waals surface area contributed by atoms with Crippen LogP contribution in [-0.2, 0) is 9.57 Å². The topological polar surface area (TPSA) is 34.1 Å². The summed E-state index contributed by atoms with van der Waals surface area (Å²) in [5, 5.41) is 1.75. The number of hydroxylamine groups is 1. The fourth-order valence-corrected chi connectivity index (χ4v) is 1.42. The SMILES string of the molecule is COC1=Nc2ccccc2N(OC)C1. The molecule has 1 aromatic carbocycles. The molecule has 1 aliphatic heterocycles. The van der Waals surface area contributed by atoms with E-state index in [1.807, 2.05) is 24.3 Å². The summed E-state index contributed by atoms with van der Waals surface area (Å²) < 4.78 is 5.11. The standard InChI is InChI=1S/C10H12N2O2/c1-13-10-7-12(14-2)9-6-4-3-5-8(9)11-10/h3-6H,7H2,1-2H3. The van der Waals surface area contributed by atoms with Gasteiger partial charge in [-0.3, -0.25) is 4.84 Å². The van der Waals surface area contributed by atoms with E-state index in [1.165, 1.54) is 0 Å². The van der Waals surface area contributed by atoms with Crippen LogP contribution >= 0.6 is 0 Å². The maximum Gasteiger partial charge on any atom is 0.211 e. The Kier molecular flexibility index (Phi) is 2.37. The van der Waals surface area contributed by atoms with E-state index < -0.39 is 0 Å². The van der Waals surface area contributed by atoms with Gasteiger partial charge in [-0.05, 0) is 12.1 Å². The average Bonchev–Trinajstić information content (AvgIpc) is 2.27. The van der Waals surface area contributed by atoms with Crippen LogP contribution in [0.3, 0.4) is 0 Å². The van der Waals surface area contributed by atoms with E-state index in [1.54, 1.807) is 19.3 Å². The van der Waals surface area contributed by atoms with Crippen LogP contribution in [0, 0.1) is 0 Å². The fourth-order valence-electron chi connectivity index (χ4n) is 1.42. The Morgan fingerprint density at radius 3 is 2.79 bits per heavy atom. The molecule has 0 amide bonds. The lowest BCUT2D eigenvalue weighted by Crippen LogP contribution is -2.32. The average molecular weight is 192 g/mol. The van der Waals surface area contributed by atoms with Crippen LogP contribution in [0.2, 0.25) is 0 Å². The lowest BCUT2D eigenvalue weighted by atomic mass is 10.2. The van der Waals surface area contributed by atoms with Gasteiger partial charge >= 0.3 is 0 Å². The molecule has 1 aromatic rings. The molecule has 1 heterocycles. The number of hydrogen-bond donors (Lipinski definition) is 0. The molecule has 1 aliphatic rings. The van der Waals surface area contributed by atoms with Crippen molar-refractivity contribution in [3.63, 3.8) is 0 Å². The van der Waals surface area contributed by atoms with Crippen LogP contribution in [0.25, 0.3) is 0 Å². The number of aliphatic imine (C=N–C) groups is 1. The molecular formula is C10H12N2O2. The maximum atomic E-state index is 5.22. The smallest absolute Gasteiger partial charge is 0.211 e. The van der Waals surface area contributed by atoms with Gasteiger partial charge in [-0.2, -0.15) is 0 Å². The van der Waals surface area contributed by atoms with E-state index in [0.29, 0.717) is 12.4 Å². The van der Waals surface area contributed by atoms with Crippen molar-refractivity contribution < 1.29 is 9.57 Å². The second-order valence-corrected chi connectivity index (χ2v) is 2.92. The molecule has 74 valence electrons. The predicted molar refractivity (Wildman–Crippen MR) is 54.9 cm³/mol. The van der Waals surface area contributed by atoms with Crippen LogP contribution in [0.1, 0.15) is 0 Å². The molecule has 0 saturated carbocycles. The van der Waals surface area contributed by atoms with Gasteiger partial charge in [-0.15, -0.1) is 0 Å². The second kappa shape index (κ2) is 3.67. The molecule has 0 spiro atoms. The van der Waals surface area contributed by atoms with Crippen LogP contribution < -0.4 is 5.06 Å². The third-order valence-corrected chi connectivity index (χ3v) is 2.13. The molecule has 0 radical (unpaired) electrons. The first-order chi connectivity index (χ1) is 6.85. The largest absolute Gasteiger partial charge is 0.483 e. The lowest BCUT2D eigenvalue weighted by molar-refractivity contribution is 0.172. The predicted octanol–water partition coefficient (Wildman–Crippen LogP) is 1.74. The van der Waals surface area contributed by atoms with E-state index in [4.69, 9.17) is 9.57 Å². The summed E-state index contributed by atoms with van der Waals surface area (Å²) in [4.78, 5) is 9.56. The Morgan fingerprint density at radius 2 is 2.07 bits per heavy atom. The van der Waals surface area contributed by atoms with Crippen molar-refractivity contribution in [2.75, 3.05) is 25.8 Å². The van der Waals surface area contributed by atoms with Gasteiger partial charge in [0.05, 0.1) is 25.6 Å². The minimum absolute atomic E-state index is 0.546. The number of para-hydroxylation sites is 2. The highest BCUT2D eigenvalue weighted by Gasteiger charge is 2.18. The van der Waals surface area contributed by atoms with Crippen LogP contribution in [0.15, 0.2) is 29.3 Å². The van der Waals surface area contributed by atoms with Crippen molar-refractivity contribution in [1.82, 2.24) is 0 Å². The third kappa shape index (κ3) is 1.44. The first-order valence-electron chi connectivity index (χ1n) is 4.37. The Bertz CT molecular complexity index is 363. The van der Waals surface area contributed by atoms with Crippen molar-refractivity contribution >= 4 is 17.3 Å². The quantitative estimate of drug-likeness (QED) is 0.679. The molecule has 0 atom stereocenters. The second-order valence-electron chi connectivity index (χ2n) is 2.92. The number of rotatable bonds is 1. The highest BCUT2D eigenvalue weighted by Crippen LogP contribution is 2.31. The fraction of sp³-hybridized carbons (Fsp3) is 0.300. The zero-order valence-electron chi connectivity index (χ0n) is 8.23. The monoisotopic (exact) mass is 192 g/mol. The summed E-state index contributed by atoms with van der Waals surface area (Å²) in [6.45, 7) is 0.546. The molecule has 0 aromatic heterocycles. The molecule has 0 aliphatic carbocycles. The van der Waals surface area contributed by atoms with E-state index in [-0.39, 0.29) is 0 Å². The van der Waals surface area contributed by atoms with Gasteiger partial charge in [-0.1, -0.05) is 12.1 Å². The van der Waals surface area contributed by atoms with E-state index >= 15 is 0 Å². The molecule has 2 rings (SSSR count). The number of ether oxygens (including phenoxy) is 1. The van der Waals surface area contributed by atoms with Crippen LogP contribution in [0.5, 0.6) is 0 Å². The number of fused-ring (bicyclic) bond motifs is 1. The minimum atomic E-state index is 0.546. The lowest BCUT2D eigenvalue weighted by Gasteiger charge is -2.26. The maximum absolute atomic E-state index is 5.22. The van der Waals surface area contributed by atoms with Gasteiger partial charge in [0.1, 0.15) is 6.54 Å². The Labute approximate surface area is 82.7 Å². The molecule has 0 fully saturated rings. The number of hydrogen-bond acceptors (Lipinski definition) is 4. The summed E-state index contributed by atoms with van der Waals surface area (Å²) in [7, 11) is 3.25. The van der Waals surface area contributed by atoms with Gasteiger partial charge < -0.3 is 4.74 Å². The Hall–Kier alpha value is -1.55. The van der Waals surface area contributed by atoms with Gasteiger partial charge in [0.25, 0.3) is 0 Å². The molecule has 14 heavy (non-hydrogen) atoms. The van der Waals surface area contributed by atoms with Crippen molar-refractivity contribution in [1.29, 1.82) is 0 Å². The van der Waals surface area contributed by atoms with Crippen molar-refractivity contribution in [3.8, 4) is 0 Å². The highest BCUT2D eigenvalue weighted by atomic mass is 16.7. The first kappa shape index (κ1) is 9.02. The summed E-state index contributed by atoms with van der Waals surface area (Å²) >= 11 is 0. The summed E-state index contributed by atoms with van der Waals surface area (Å²) in [6.07, 6.45) is 0. The Balaban J connectivity index is 2.43. The summed E-state index contributed by atoms with van der Waals surface area (Å²) in [6, 6.07) is 7.79. The molecule has 0 bridgehead atoms. The Morgan fingerprint density at radius 1 is 1.29 bits per heavy atom. The van der Waals surface area contributed by atoms with E-state index in [9.17, 15) is 0 Å². The summed E-state index contributed by atoms with van der Waals surface area (Å²) in [5.74, 6) is 0.658.